The number of aliphatic hydroxyl groups is 1. The molecule has 0 aromatic heterocycles. The molecule has 458 valence electrons. The molecule has 0 aromatic carbocycles. The molecule has 0 aromatic rings. The second-order valence-electron chi connectivity index (χ2n) is 24.7. The Labute approximate surface area is 483 Å². The first kappa shape index (κ1) is 75.6. The molecule has 5 heteroatoms. The smallest absolute Gasteiger partial charge is 0.306 e. The summed E-state index contributed by atoms with van der Waals surface area (Å²) in [6.07, 6.45) is 88.4. The molecule has 0 heterocycles. The van der Waals surface area contributed by atoms with E-state index in [0.717, 1.165) is 32.1 Å². The third-order valence-corrected chi connectivity index (χ3v) is 16.8. The molecule has 0 saturated carbocycles. The number of unbranched alkanes of at least 4 members (excludes halogenated alkanes) is 58. The highest BCUT2D eigenvalue weighted by atomic mass is 16.6. The average molecular weight is 1090 g/mol. The van der Waals surface area contributed by atoms with Gasteiger partial charge in [-0.1, -0.05) is 379 Å². The Morgan fingerprint density at radius 1 is 0.286 bits per heavy atom. The van der Waals surface area contributed by atoms with Gasteiger partial charge in [0.05, 0.1) is 6.61 Å². The normalized spacial score (nSPS) is 12.1. The van der Waals surface area contributed by atoms with Gasteiger partial charge in [0.15, 0.2) is 6.10 Å². The van der Waals surface area contributed by atoms with E-state index in [2.05, 4.69) is 26.0 Å². The zero-order valence-electron chi connectivity index (χ0n) is 52.8. The third-order valence-electron chi connectivity index (χ3n) is 16.8. The number of rotatable bonds is 68. The van der Waals surface area contributed by atoms with Crippen molar-refractivity contribution in [1.29, 1.82) is 0 Å². The molecule has 1 atom stereocenters. The number of esters is 2. The summed E-state index contributed by atoms with van der Waals surface area (Å²) in [5, 5.41) is 9.70. The van der Waals surface area contributed by atoms with Crippen LogP contribution in [0.2, 0.25) is 0 Å². The molecule has 0 aliphatic heterocycles. The summed E-state index contributed by atoms with van der Waals surface area (Å²) in [5.74, 6) is -0.563. The lowest BCUT2D eigenvalue weighted by atomic mass is 10.0. The van der Waals surface area contributed by atoms with Crippen LogP contribution >= 0.6 is 0 Å². The van der Waals surface area contributed by atoms with E-state index in [0.29, 0.717) is 12.8 Å². The van der Waals surface area contributed by atoms with E-state index in [9.17, 15) is 14.7 Å². The highest BCUT2D eigenvalue weighted by Crippen LogP contribution is 2.20. The molecule has 0 bridgehead atoms. The maximum absolute atomic E-state index is 12.3. The minimum atomic E-state index is -0.768. The molecule has 0 spiro atoms. The number of aliphatic hydroxyl groups excluding tert-OH is 1. The molecule has 77 heavy (non-hydrogen) atoms. The summed E-state index contributed by atoms with van der Waals surface area (Å²) in [6, 6.07) is 0. The second-order valence-corrected chi connectivity index (χ2v) is 24.7. The first-order chi connectivity index (χ1) is 38.1. The Morgan fingerprint density at radius 2 is 0.481 bits per heavy atom. The highest BCUT2D eigenvalue weighted by molar-refractivity contribution is 5.70. The van der Waals surface area contributed by atoms with Crippen molar-refractivity contribution in [1.82, 2.24) is 0 Å². The SMILES string of the molecule is CCCCCCCCCC/C=C\CCCCCCCCCCCCCCCC(=O)OC(CO)COC(=O)CCCCCCCCCCCCCCCCCCCCCCCCCCCCCCCCCCCCCCCC. The number of allylic oxidation sites excluding steroid dienone is 2. The monoisotopic (exact) mass is 1090 g/mol. The van der Waals surface area contributed by atoms with Crippen molar-refractivity contribution >= 4 is 11.9 Å². The van der Waals surface area contributed by atoms with Crippen LogP contribution in [0.15, 0.2) is 12.2 Å². The van der Waals surface area contributed by atoms with E-state index in [1.54, 1.807) is 0 Å². The topological polar surface area (TPSA) is 72.8 Å². The van der Waals surface area contributed by atoms with E-state index < -0.39 is 6.10 Å². The molecule has 0 amide bonds. The summed E-state index contributed by atoms with van der Waals surface area (Å²) >= 11 is 0. The average Bonchev–Trinajstić information content (AvgIpc) is 3.43. The van der Waals surface area contributed by atoms with Crippen LogP contribution in [0.3, 0.4) is 0 Å². The molecule has 1 unspecified atom stereocenters. The Hall–Kier alpha value is -1.36. The summed E-state index contributed by atoms with van der Waals surface area (Å²) < 4.78 is 10.8. The van der Waals surface area contributed by atoms with Gasteiger partial charge in [0.25, 0.3) is 0 Å². The minimum absolute atomic E-state index is 0.0577. The van der Waals surface area contributed by atoms with E-state index >= 15 is 0 Å². The maximum Gasteiger partial charge on any atom is 0.306 e. The fourth-order valence-electron chi connectivity index (χ4n) is 11.4. The number of carbonyl (C=O) groups excluding carboxylic acids is 2. The first-order valence-electron chi connectivity index (χ1n) is 35.7. The molecular weight excluding hydrogens is 945 g/mol. The van der Waals surface area contributed by atoms with Crippen molar-refractivity contribution in [2.75, 3.05) is 13.2 Å². The predicted octanol–water partition coefficient (Wildman–Crippen LogP) is 24.6. The summed E-state index contributed by atoms with van der Waals surface area (Å²) in [7, 11) is 0. The number of ether oxygens (including phenoxy) is 2. The van der Waals surface area contributed by atoms with Crippen LogP contribution in [0.5, 0.6) is 0 Å². The van der Waals surface area contributed by atoms with Crippen molar-refractivity contribution in [2.24, 2.45) is 0 Å². The van der Waals surface area contributed by atoms with Gasteiger partial charge in [-0.15, -0.1) is 0 Å². The van der Waals surface area contributed by atoms with Crippen molar-refractivity contribution < 1.29 is 24.2 Å². The molecule has 5 nitrogen and oxygen atoms in total. The quantitative estimate of drug-likeness (QED) is 0.0373. The lowest BCUT2D eigenvalue weighted by molar-refractivity contribution is -0.161. The Kier molecular flexibility index (Phi) is 67.7. The van der Waals surface area contributed by atoms with Crippen LogP contribution in [-0.2, 0) is 19.1 Å². The maximum atomic E-state index is 12.3. The van der Waals surface area contributed by atoms with Gasteiger partial charge in [-0.25, -0.2) is 0 Å². The van der Waals surface area contributed by atoms with Crippen LogP contribution in [0.4, 0.5) is 0 Å². The van der Waals surface area contributed by atoms with Crippen molar-refractivity contribution in [3.8, 4) is 0 Å². The van der Waals surface area contributed by atoms with E-state index in [-0.39, 0.29) is 25.2 Å². The van der Waals surface area contributed by atoms with Gasteiger partial charge in [0.1, 0.15) is 6.61 Å². The summed E-state index contributed by atoms with van der Waals surface area (Å²) in [5.41, 5.74) is 0. The number of hydrogen-bond acceptors (Lipinski definition) is 5. The highest BCUT2D eigenvalue weighted by Gasteiger charge is 2.16. The van der Waals surface area contributed by atoms with Crippen LogP contribution in [0.25, 0.3) is 0 Å². The van der Waals surface area contributed by atoms with Crippen LogP contribution in [-0.4, -0.2) is 36.4 Å². The fourth-order valence-corrected chi connectivity index (χ4v) is 11.4. The van der Waals surface area contributed by atoms with Crippen LogP contribution in [0.1, 0.15) is 418 Å². The lowest BCUT2D eigenvalue weighted by Crippen LogP contribution is -2.28. The first-order valence-corrected chi connectivity index (χ1v) is 35.7. The molecule has 0 fully saturated rings. The van der Waals surface area contributed by atoms with Gasteiger partial charge < -0.3 is 14.6 Å². The molecule has 1 N–H and O–H groups in total. The van der Waals surface area contributed by atoms with E-state index in [4.69, 9.17) is 9.47 Å². The van der Waals surface area contributed by atoms with Gasteiger partial charge >= 0.3 is 11.9 Å². The number of carbonyl (C=O) groups is 2. The molecule has 0 aliphatic rings. The molecule has 0 aliphatic carbocycles. The van der Waals surface area contributed by atoms with Crippen molar-refractivity contribution in [3.63, 3.8) is 0 Å². The molecule has 0 radical (unpaired) electrons. The zero-order valence-corrected chi connectivity index (χ0v) is 52.8. The Balaban J connectivity index is 3.35. The van der Waals surface area contributed by atoms with Gasteiger partial charge in [0.2, 0.25) is 0 Å². The zero-order chi connectivity index (χ0) is 55.5. The fraction of sp³-hybridized carbons (Fsp3) is 0.944. The predicted molar refractivity (Wildman–Crippen MR) is 339 cm³/mol. The van der Waals surface area contributed by atoms with E-state index in [1.165, 1.54) is 360 Å². The van der Waals surface area contributed by atoms with Crippen molar-refractivity contribution in [3.05, 3.63) is 12.2 Å². The lowest BCUT2D eigenvalue weighted by Gasteiger charge is -2.15. The summed E-state index contributed by atoms with van der Waals surface area (Å²) in [6.45, 7) is 4.21. The van der Waals surface area contributed by atoms with Gasteiger partial charge in [-0.2, -0.15) is 0 Å². The summed E-state index contributed by atoms with van der Waals surface area (Å²) in [4.78, 5) is 24.6. The molecule has 0 saturated heterocycles. The largest absolute Gasteiger partial charge is 0.462 e. The Bertz CT molecular complexity index is 1140. The molecule has 0 rings (SSSR count). The number of hydrogen-bond donors (Lipinski definition) is 1. The molecular formula is C72H140O5. The van der Waals surface area contributed by atoms with Crippen molar-refractivity contribution in [2.45, 2.75) is 424 Å². The third kappa shape index (κ3) is 67.1. The van der Waals surface area contributed by atoms with Gasteiger partial charge in [-0.05, 0) is 38.5 Å². The minimum Gasteiger partial charge on any atom is -0.462 e. The Morgan fingerprint density at radius 3 is 0.701 bits per heavy atom. The van der Waals surface area contributed by atoms with Gasteiger partial charge in [-0.3, -0.25) is 9.59 Å². The van der Waals surface area contributed by atoms with Crippen LogP contribution in [0, 0.1) is 0 Å². The van der Waals surface area contributed by atoms with Crippen LogP contribution < -0.4 is 0 Å². The van der Waals surface area contributed by atoms with E-state index in [1.807, 2.05) is 0 Å². The second kappa shape index (κ2) is 68.9. The standard InChI is InChI=1S/C72H140O5/c1-3-5-7-9-11-13-15-17-19-21-23-25-27-29-30-31-32-33-34-35-36-37-38-39-40-41-43-44-46-48-50-52-54-56-58-60-62-64-66-71(74)76-69-70(68-73)77-72(75)67-65-63-61-59-57-55-53-51-49-47-45-42-28-26-24-22-20-18-16-14-12-10-8-6-4-2/h22,24,70,73H,3-21,23,25-69H2,1-2H3/b24-22-. The van der Waals surface area contributed by atoms with Gasteiger partial charge in [0, 0.05) is 12.8 Å².